The summed E-state index contributed by atoms with van der Waals surface area (Å²) in [6, 6.07) is 0. The highest BCUT2D eigenvalue weighted by Crippen LogP contribution is 2.68. The molecule has 4 saturated carbocycles. The molecule has 0 aromatic carbocycles. The minimum absolute atomic E-state index is 0.112. The fourth-order valence-corrected chi connectivity index (χ4v) is 8.65. The Kier molecular flexibility index (Phi) is 4.15. The number of hydrogen-bond acceptors (Lipinski definition) is 1. The van der Waals surface area contributed by atoms with Gasteiger partial charge in [-0.1, -0.05) is 27.7 Å². The maximum absolute atomic E-state index is 10.4. The Labute approximate surface area is 150 Å². The first-order valence-electron chi connectivity index (χ1n) is 11.0. The fourth-order valence-electron chi connectivity index (χ4n) is 8.65. The minimum atomic E-state index is -0.112. The van der Waals surface area contributed by atoms with Crippen LogP contribution >= 0.6 is 0 Å². The molecule has 0 aromatic rings. The van der Waals surface area contributed by atoms with Crippen molar-refractivity contribution in [3.05, 3.63) is 0 Å². The number of rotatable bonds is 1. The van der Waals surface area contributed by atoms with Crippen molar-refractivity contribution in [1.29, 1.82) is 0 Å². The molecular formula is C23H40O. The van der Waals surface area contributed by atoms with E-state index in [4.69, 9.17) is 0 Å². The van der Waals surface area contributed by atoms with Crippen LogP contribution in [0.25, 0.3) is 0 Å². The molecule has 0 saturated heterocycles. The molecule has 0 bridgehead atoms. The quantitative estimate of drug-likeness (QED) is 0.633. The monoisotopic (exact) mass is 332 g/mol. The van der Waals surface area contributed by atoms with Crippen molar-refractivity contribution in [3.8, 4) is 0 Å². The van der Waals surface area contributed by atoms with Gasteiger partial charge in [0, 0.05) is 0 Å². The smallest absolute Gasteiger partial charge is 0.0545 e. The van der Waals surface area contributed by atoms with Gasteiger partial charge in [-0.05, 0) is 111 Å². The molecule has 4 rings (SSSR count). The summed E-state index contributed by atoms with van der Waals surface area (Å²) in [6.45, 7) is 12.3. The number of aliphatic hydroxyl groups excluding tert-OH is 1. The first-order chi connectivity index (χ1) is 11.3. The summed E-state index contributed by atoms with van der Waals surface area (Å²) >= 11 is 0. The predicted molar refractivity (Wildman–Crippen MR) is 101 cm³/mol. The van der Waals surface area contributed by atoms with Crippen LogP contribution in [0.4, 0.5) is 0 Å². The average molecular weight is 333 g/mol. The van der Waals surface area contributed by atoms with Crippen LogP contribution in [0.15, 0.2) is 0 Å². The van der Waals surface area contributed by atoms with Crippen LogP contribution < -0.4 is 0 Å². The third kappa shape index (κ3) is 2.29. The lowest BCUT2D eigenvalue weighted by Gasteiger charge is -2.62. The molecule has 4 aliphatic carbocycles. The zero-order chi connectivity index (χ0) is 17.3. The van der Waals surface area contributed by atoms with Crippen molar-refractivity contribution in [2.45, 2.75) is 92.1 Å². The second-order valence-electron chi connectivity index (χ2n) is 11.0. The van der Waals surface area contributed by atoms with E-state index in [1.54, 1.807) is 0 Å². The third-order valence-electron chi connectivity index (χ3n) is 10.1. The molecule has 1 unspecified atom stereocenters. The van der Waals surface area contributed by atoms with Crippen LogP contribution in [0.1, 0.15) is 86.0 Å². The average Bonchev–Trinajstić information content (AvgIpc) is 2.86. The maximum atomic E-state index is 10.4. The van der Waals surface area contributed by atoms with E-state index in [2.05, 4.69) is 27.7 Å². The van der Waals surface area contributed by atoms with E-state index >= 15 is 0 Å². The molecule has 0 spiro atoms. The van der Waals surface area contributed by atoms with Crippen molar-refractivity contribution in [2.75, 3.05) is 0 Å². The summed E-state index contributed by atoms with van der Waals surface area (Å²) in [5.41, 5.74) is 1.03. The molecule has 0 heterocycles. The Bertz CT molecular complexity index is 484. The molecule has 0 aliphatic heterocycles. The van der Waals surface area contributed by atoms with Crippen molar-refractivity contribution < 1.29 is 5.11 Å². The topological polar surface area (TPSA) is 20.2 Å². The molecule has 138 valence electrons. The van der Waals surface area contributed by atoms with Crippen molar-refractivity contribution in [3.63, 3.8) is 0 Å². The lowest BCUT2D eigenvalue weighted by molar-refractivity contribution is -0.132. The highest BCUT2D eigenvalue weighted by atomic mass is 16.3. The summed E-state index contributed by atoms with van der Waals surface area (Å²) in [4.78, 5) is 0. The predicted octanol–water partition coefficient (Wildman–Crippen LogP) is 5.91. The molecule has 0 aromatic heterocycles. The Morgan fingerprint density at radius 3 is 2.29 bits per heavy atom. The van der Waals surface area contributed by atoms with Crippen LogP contribution in [0, 0.1) is 52.3 Å². The van der Waals surface area contributed by atoms with Crippen LogP contribution in [-0.4, -0.2) is 11.2 Å². The zero-order valence-electron chi connectivity index (χ0n) is 16.7. The Morgan fingerprint density at radius 1 is 0.875 bits per heavy atom. The van der Waals surface area contributed by atoms with Gasteiger partial charge in [-0.25, -0.2) is 0 Å². The lowest BCUT2D eigenvalue weighted by atomic mass is 9.43. The van der Waals surface area contributed by atoms with E-state index in [0.717, 1.165) is 35.5 Å². The summed E-state index contributed by atoms with van der Waals surface area (Å²) < 4.78 is 0. The molecule has 1 N–H and O–H groups in total. The molecule has 0 amide bonds. The van der Waals surface area contributed by atoms with E-state index in [0.29, 0.717) is 16.7 Å². The Hall–Kier alpha value is -0.0400. The lowest BCUT2D eigenvalue weighted by Crippen LogP contribution is -2.54. The van der Waals surface area contributed by atoms with E-state index in [1.165, 1.54) is 51.4 Å². The highest BCUT2D eigenvalue weighted by molar-refractivity contribution is 5.10. The van der Waals surface area contributed by atoms with Crippen LogP contribution in [0.5, 0.6) is 0 Å². The number of hydrogen-bond donors (Lipinski definition) is 1. The molecule has 24 heavy (non-hydrogen) atoms. The second-order valence-corrected chi connectivity index (χ2v) is 11.0. The van der Waals surface area contributed by atoms with Gasteiger partial charge in [-0.2, -0.15) is 0 Å². The van der Waals surface area contributed by atoms with Crippen molar-refractivity contribution >= 4 is 0 Å². The van der Waals surface area contributed by atoms with Crippen LogP contribution in [0.2, 0.25) is 0 Å². The van der Waals surface area contributed by atoms with Crippen molar-refractivity contribution in [2.24, 2.45) is 52.3 Å². The van der Waals surface area contributed by atoms with Crippen LogP contribution in [-0.2, 0) is 0 Å². The summed E-state index contributed by atoms with van der Waals surface area (Å²) in [5, 5.41) is 10.4. The second kappa shape index (κ2) is 5.73. The maximum Gasteiger partial charge on any atom is 0.0545 e. The Morgan fingerprint density at radius 2 is 1.58 bits per heavy atom. The first kappa shape index (κ1) is 17.4. The standard InChI is InChI=1S/C23H40O/c1-14-12-17-6-7-18-20-9-8-19(16(3)24)22(20,4)11-10-21(18)23(17,5)13-15(14)2/h14-21,24H,6-13H2,1-5H3/t14-,15-,16?,17-,18-,19+,20-,21-,22+,23-/m0/s1. The molecule has 4 aliphatic rings. The van der Waals surface area contributed by atoms with Gasteiger partial charge in [0.25, 0.3) is 0 Å². The van der Waals surface area contributed by atoms with Gasteiger partial charge >= 0.3 is 0 Å². The van der Waals surface area contributed by atoms with Crippen molar-refractivity contribution in [1.82, 2.24) is 0 Å². The van der Waals surface area contributed by atoms with Gasteiger partial charge in [0.1, 0.15) is 0 Å². The number of fused-ring (bicyclic) bond motifs is 5. The highest BCUT2D eigenvalue weighted by Gasteiger charge is 2.60. The molecular weight excluding hydrogens is 292 g/mol. The van der Waals surface area contributed by atoms with Gasteiger partial charge in [0.2, 0.25) is 0 Å². The van der Waals surface area contributed by atoms with E-state index in [-0.39, 0.29) is 6.10 Å². The number of aliphatic hydroxyl groups is 1. The minimum Gasteiger partial charge on any atom is -0.393 e. The van der Waals surface area contributed by atoms with Gasteiger partial charge in [0.05, 0.1) is 6.10 Å². The molecule has 10 atom stereocenters. The zero-order valence-corrected chi connectivity index (χ0v) is 16.7. The summed E-state index contributed by atoms with van der Waals surface area (Å²) in [6.07, 6.45) is 11.3. The van der Waals surface area contributed by atoms with E-state index < -0.39 is 0 Å². The fraction of sp³-hybridized carbons (Fsp3) is 1.00. The molecule has 0 radical (unpaired) electrons. The van der Waals surface area contributed by atoms with Crippen LogP contribution in [0.3, 0.4) is 0 Å². The van der Waals surface area contributed by atoms with Gasteiger partial charge in [-0.3, -0.25) is 0 Å². The van der Waals surface area contributed by atoms with E-state index in [9.17, 15) is 5.11 Å². The first-order valence-corrected chi connectivity index (χ1v) is 11.0. The van der Waals surface area contributed by atoms with E-state index in [1.807, 2.05) is 6.92 Å². The van der Waals surface area contributed by atoms with Gasteiger partial charge in [0.15, 0.2) is 0 Å². The Balaban J connectivity index is 1.61. The molecule has 4 fully saturated rings. The summed E-state index contributed by atoms with van der Waals surface area (Å²) in [7, 11) is 0. The third-order valence-corrected chi connectivity index (χ3v) is 10.1. The molecule has 1 nitrogen and oxygen atoms in total. The summed E-state index contributed by atoms with van der Waals surface area (Å²) in [5.74, 6) is 6.20. The van der Waals surface area contributed by atoms with Gasteiger partial charge in [-0.15, -0.1) is 0 Å². The largest absolute Gasteiger partial charge is 0.393 e. The SMILES string of the molecule is CC(O)[C@H]1CC[C@H]2[C@@H]3CC[C@H]4C[C@H](C)[C@@H](C)C[C@]4(C)[C@H]3CC[C@]12C. The normalized spacial score (nSPS) is 58.5. The molecule has 1 heteroatoms. The van der Waals surface area contributed by atoms with Gasteiger partial charge < -0.3 is 5.11 Å².